The minimum Gasteiger partial charge on any atom is -0.490 e. The molecule has 160 valence electrons. The van der Waals surface area contributed by atoms with Gasteiger partial charge in [0.2, 0.25) is 5.91 Å². The molecule has 0 radical (unpaired) electrons. The smallest absolute Gasteiger partial charge is 0.254 e. The first kappa shape index (κ1) is 20.2. The van der Waals surface area contributed by atoms with Crippen LogP contribution in [0.5, 0.6) is 11.5 Å². The van der Waals surface area contributed by atoms with Crippen LogP contribution in [0.1, 0.15) is 48.8 Å². The molecule has 3 heterocycles. The average molecular weight is 413 g/mol. The van der Waals surface area contributed by atoms with Gasteiger partial charge in [-0.25, -0.2) is 4.68 Å². The molecular weight excluding hydrogens is 386 g/mol. The van der Waals surface area contributed by atoms with Crippen LogP contribution in [-0.2, 0) is 11.3 Å². The van der Waals surface area contributed by atoms with Crippen molar-refractivity contribution in [3.8, 4) is 11.5 Å². The first-order valence-corrected chi connectivity index (χ1v) is 10.5. The van der Waals surface area contributed by atoms with Crippen molar-refractivity contribution in [3.05, 3.63) is 35.7 Å². The van der Waals surface area contributed by atoms with Gasteiger partial charge in [-0.3, -0.25) is 9.59 Å². The largest absolute Gasteiger partial charge is 0.490 e. The van der Waals surface area contributed by atoms with Crippen LogP contribution in [0.15, 0.2) is 24.4 Å². The standard InChI is InChI=1S/C21H27N5O4/c1-3-29-18-8-7-15(10-19(18)30-4-2)21(28)25-13-17(14-25)26-12-16(22-23-26)11-24-9-5-6-20(24)27/h7-8,10,12,17H,3-6,9,11,13-14H2,1-2H3. The van der Waals surface area contributed by atoms with E-state index in [9.17, 15) is 9.59 Å². The number of likely N-dealkylation sites (tertiary alicyclic amines) is 2. The van der Waals surface area contributed by atoms with Crippen molar-refractivity contribution in [1.82, 2.24) is 24.8 Å². The Morgan fingerprint density at radius 3 is 2.63 bits per heavy atom. The molecule has 0 atom stereocenters. The number of aromatic nitrogens is 3. The van der Waals surface area contributed by atoms with Crippen molar-refractivity contribution in [2.75, 3.05) is 32.8 Å². The second-order valence-corrected chi connectivity index (χ2v) is 7.50. The van der Waals surface area contributed by atoms with Gasteiger partial charge >= 0.3 is 0 Å². The second kappa shape index (κ2) is 8.73. The zero-order valence-electron chi connectivity index (χ0n) is 17.4. The Labute approximate surface area is 175 Å². The molecule has 2 saturated heterocycles. The van der Waals surface area contributed by atoms with Gasteiger partial charge in [-0.15, -0.1) is 5.10 Å². The van der Waals surface area contributed by atoms with E-state index in [0.717, 1.165) is 18.7 Å². The number of carbonyl (C=O) groups is 2. The van der Waals surface area contributed by atoms with Crippen LogP contribution >= 0.6 is 0 Å². The minimum atomic E-state index is -0.0433. The fourth-order valence-electron chi connectivity index (χ4n) is 3.79. The average Bonchev–Trinajstić information content (AvgIpc) is 3.32. The lowest BCUT2D eigenvalue weighted by molar-refractivity contribution is -0.128. The molecule has 9 nitrogen and oxygen atoms in total. The third-order valence-corrected chi connectivity index (χ3v) is 5.40. The van der Waals surface area contributed by atoms with E-state index in [1.165, 1.54) is 0 Å². The summed E-state index contributed by atoms with van der Waals surface area (Å²) in [7, 11) is 0. The molecule has 0 unspecified atom stereocenters. The summed E-state index contributed by atoms with van der Waals surface area (Å²) in [4.78, 5) is 28.2. The van der Waals surface area contributed by atoms with Crippen LogP contribution in [-0.4, -0.2) is 69.5 Å². The molecule has 2 fully saturated rings. The van der Waals surface area contributed by atoms with Gasteiger partial charge in [-0.05, 0) is 38.5 Å². The number of benzene rings is 1. The number of carbonyl (C=O) groups excluding carboxylic acids is 2. The topological polar surface area (TPSA) is 89.8 Å². The third-order valence-electron chi connectivity index (χ3n) is 5.40. The highest BCUT2D eigenvalue weighted by Gasteiger charge is 2.34. The van der Waals surface area contributed by atoms with E-state index < -0.39 is 0 Å². The molecule has 0 spiro atoms. The summed E-state index contributed by atoms with van der Waals surface area (Å²) in [5, 5.41) is 8.39. The molecular formula is C21H27N5O4. The molecule has 9 heteroatoms. The zero-order chi connectivity index (χ0) is 21.1. The lowest BCUT2D eigenvalue weighted by atomic mass is 10.1. The van der Waals surface area contributed by atoms with E-state index in [4.69, 9.17) is 9.47 Å². The molecule has 2 aliphatic rings. The van der Waals surface area contributed by atoms with E-state index >= 15 is 0 Å². The Bertz CT molecular complexity index is 922. The summed E-state index contributed by atoms with van der Waals surface area (Å²) in [6, 6.07) is 5.38. The summed E-state index contributed by atoms with van der Waals surface area (Å²) in [6.07, 6.45) is 3.40. The lowest BCUT2D eigenvalue weighted by Gasteiger charge is -2.38. The van der Waals surface area contributed by atoms with Gasteiger partial charge in [-0.1, -0.05) is 5.21 Å². The molecule has 2 aliphatic heterocycles. The fourth-order valence-corrected chi connectivity index (χ4v) is 3.79. The van der Waals surface area contributed by atoms with E-state index in [0.29, 0.717) is 56.3 Å². The SMILES string of the molecule is CCOc1ccc(C(=O)N2CC(n3cc(CN4CCCC4=O)nn3)C2)cc1OCC. The van der Waals surface area contributed by atoms with Crippen molar-refractivity contribution in [2.24, 2.45) is 0 Å². The first-order valence-electron chi connectivity index (χ1n) is 10.5. The van der Waals surface area contributed by atoms with Gasteiger partial charge in [0.15, 0.2) is 11.5 Å². The predicted molar refractivity (Wildman–Crippen MR) is 108 cm³/mol. The van der Waals surface area contributed by atoms with Gasteiger partial charge in [0, 0.05) is 31.6 Å². The second-order valence-electron chi connectivity index (χ2n) is 7.50. The maximum atomic E-state index is 12.8. The summed E-state index contributed by atoms with van der Waals surface area (Å²) >= 11 is 0. The zero-order valence-corrected chi connectivity index (χ0v) is 17.4. The highest BCUT2D eigenvalue weighted by Crippen LogP contribution is 2.30. The van der Waals surface area contributed by atoms with Crippen LogP contribution < -0.4 is 9.47 Å². The molecule has 0 N–H and O–H groups in total. The van der Waals surface area contributed by atoms with Crippen LogP contribution in [0.4, 0.5) is 0 Å². The normalized spacial score (nSPS) is 16.7. The molecule has 2 aromatic rings. The van der Waals surface area contributed by atoms with Crippen LogP contribution in [0, 0.1) is 0 Å². The van der Waals surface area contributed by atoms with Crippen molar-refractivity contribution in [1.29, 1.82) is 0 Å². The Morgan fingerprint density at radius 1 is 1.17 bits per heavy atom. The van der Waals surface area contributed by atoms with Crippen molar-refractivity contribution < 1.29 is 19.1 Å². The molecule has 2 amide bonds. The van der Waals surface area contributed by atoms with Crippen molar-refractivity contribution in [2.45, 2.75) is 39.3 Å². The predicted octanol–water partition coefficient (Wildman–Crippen LogP) is 1.89. The van der Waals surface area contributed by atoms with Gasteiger partial charge in [-0.2, -0.15) is 0 Å². The Kier molecular flexibility index (Phi) is 5.87. The maximum Gasteiger partial charge on any atom is 0.254 e. The Morgan fingerprint density at radius 2 is 1.93 bits per heavy atom. The number of hydrogen-bond donors (Lipinski definition) is 0. The van der Waals surface area contributed by atoms with E-state index in [2.05, 4.69) is 10.3 Å². The summed E-state index contributed by atoms with van der Waals surface area (Å²) < 4.78 is 13.0. The molecule has 30 heavy (non-hydrogen) atoms. The van der Waals surface area contributed by atoms with Gasteiger partial charge in [0.1, 0.15) is 5.69 Å². The molecule has 1 aromatic carbocycles. The van der Waals surface area contributed by atoms with Crippen LogP contribution in [0.2, 0.25) is 0 Å². The molecule has 4 rings (SSSR count). The molecule has 0 aliphatic carbocycles. The quantitative estimate of drug-likeness (QED) is 0.657. The highest BCUT2D eigenvalue weighted by molar-refractivity contribution is 5.95. The van der Waals surface area contributed by atoms with Gasteiger partial charge < -0.3 is 19.3 Å². The molecule has 0 saturated carbocycles. The molecule has 1 aromatic heterocycles. The highest BCUT2D eigenvalue weighted by atomic mass is 16.5. The summed E-state index contributed by atoms with van der Waals surface area (Å²) in [6.45, 7) is 7.27. The van der Waals surface area contributed by atoms with E-state index in [1.54, 1.807) is 27.8 Å². The summed E-state index contributed by atoms with van der Waals surface area (Å²) in [5.74, 6) is 1.36. The number of amides is 2. The van der Waals surface area contributed by atoms with Gasteiger partial charge in [0.05, 0.1) is 32.0 Å². The van der Waals surface area contributed by atoms with E-state index in [-0.39, 0.29) is 17.9 Å². The monoisotopic (exact) mass is 413 g/mol. The number of ether oxygens (including phenoxy) is 2. The number of nitrogens with zero attached hydrogens (tertiary/aromatic N) is 5. The fraction of sp³-hybridized carbons (Fsp3) is 0.524. The number of hydrogen-bond acceptors (Lipinski definition) is 6. The lowest BCUT2D eigenvalue weighted by Crippen LogP contribution is -2.50. The minimum absolute atomic E-state index is 0.0433. The van der Waals surface area contributed by atoms with Crippen molar-refractivity contribution in [3.63, 3.8) is 0 Å². The van der Waals surface area contributed by atoms with Gasteiger partial charge in [0.25, 0.3) is 5.91 Å². The molecule has 0 bridgehead atoms. The van der Waals surface area contributed by atoms with E-state index in [1.807, 2.05) is 24.9 Å². The van der Waals surface area contributed by atoms with Crippen LogP contribution in [0.3, 0.4) is 0 Å². The third kappa shape index (κ3) is 4.10. The maximum absolute atomic E-state index is 12.8. The van der Waals surface area contributed by atoms with Crippen LogP contribution in [0.25, 0.3) is 0 Å². The van der Waals surface area contributed by atoms with Crippen molar-refractivity contribution >= 4 is 11.8 Å². The Balaban J connectivity index is 1.35. The number of rotatable bonds is 8. The summed E-state index contributed by atoms with van der Waals surface area (Å²) in [5.41, 5.74) is 1.36. The first-order chi connectivity index (χ1) is 14.6. The Hall–Kier alpha value is -3.10.